The molecule has 7 heavy (non-hydrogen) atoms. The molecule has 1 heterocycles. The number of hydrogen-bond acceptors (Lipinski definition) is 2. The summed E-state index contributed by atoms with van der Waals surface area (Å²) in [6, 6.07) is 0. The predicted molar refractivity (Wildman–Crippen MR) is 25.2 cm³/mol. The van der Waals surface area contributed by atoms with Crippen LogP contribution in [-0.2, 0) is 9.36 Å². The maximum absolute atomic E-state index is 10.3. The van der Waals surface area contributed by atoms with Crippen molar-refractivity contribution in [3.63, 3.8) is 0 Å². The molecule has 1 aliphatic rings. The van der Waals surface area contributed by atoms with E-state index in [0.29, 0.717) is 12.6 Å². The number of amides is 1. The minimum absolute atomic E-state index is 0.0823. The second kappa shape index (κ2) is 1.58. The lowest BCUT2D eigenvalue weighted by molar-refractivity contribution is -0.118. The van der Waals surface area contributed by atoms with Crippen molar-refractivity contribution in [2.75, 3.05) is 6.16 Å². The molecule has 0 aromatic heterocycles. The quantitative estimate of drug-likeness (QED) is 0.463. The van der Waals surface area contributed by atoms with Gasteiger partial charge in [0.1, 0.15) is 0 Å². The Bertz CT molecular complexity index is 108. The molecule has 0 aromatic rings. The topological polar surface area (TPSA) is 46.2 Å². The van der Waals surface area contributed by atoms with E-state index in [2.05, 4.69) is 5.09 Å². The van der Waals surface area contributed by atoms with Crippen LogP contribution in [0.1, 0.15) is 6.42 Å². The fraction of sp³-hybridized carbons (Fsp3) is 0.667. The van der Waals surface area contributed by atoms with Crippen LogP contribution in [0.2, 0.25) is 0 Å². The molecule has 1 fully saturated rings. The molecule has 0 spiro atoms. The summed E-state index contributed by atoms with van der Waals surface area (Å²) < 4.78 is 10.3. The summed E-state index contributed by atoms with van der Waals surface area (Å²) >= 11 is 0. The molecule has 1 amide bonds. The van der Waals surface area contributed by atoms with Crippen LogP contribution in [0.15, 0.2) is 0 Å². The lowest BCUT2D eigenvalue weighted by Gasteiger charge is -1.68. The van der Waals surface area contributed by atoms with E-state index in [4.69, 9.17) is 0 Å². The number of carbonyl (C=O) groups excluding carboxylic acids is 1. The molecule has 3 nitrogen and oxygen atoms in total. The third kappa shape index (κ3) is 0.967. The highest BCUT2D eigenvalue weighted by Gasteiger charge is 2.28. The van der Waals surface area contributed by atoms with Crippen LogP contribution in [0.4, 0.5) is 0 Å². The summed E-state index contributed by atoms with van der Waals surface area (Å²) in [5, 5.41) is 2.29. The standard InChI is InChI=1S/C3H4NO2P/c5-3-1-2-7(6)4-3/h1-2H2/p+1. The molecule has 1 rings (SSSR count). The molecular weight excluding hydrogens is 113 g/mol. The van der Waals surface area contributed by atoms with Gasteiger partial charge in [-0.1, -0.05) is 0 Å². The molecule has 4 heteroatoms. The van der Waals surface area contributed by atoms with Crippen molar-refractivity contribution in [3.05, 3.63) is 0 Å². The fourth-order valence-electron chi connectivity index (χ4n) is 0.454. The highest BCUT2D eigenvalue weighted by Crippen LogP contribution is 2.21. The van der Waals surface area contributed by atoms with Crippen LogP contribution in [0.5, 0.6) is 0 Å². The Morgan fingerprint density at radius 2 is 2.43 bits per heavy atom. The SMILES string of the molecule is O=C1CC[P+](=O)N1. The average molecular weight is 118 g/mol. The maximum Gasteiger partial charge on any atom is 0.462 e. The molecule has 1 saturated heterocycles. The summed E-state index contributed by atoms with van der Waals surface area (Å²) in [6.45, 7) is 0. The zero-order valence-electron chi connectivity index (χ0n) is 3.68. The van der Waals surface area contributed by atoms with Crippen LogP contribution >= 0.6 is 7.95 Å². The minimum Gasteiger partial charge on any atom is -0.271 e. The van der Waals surface area contributed by atoms with Gasteiger partial charge < -0.3 is 0 Å². The predicted octanol–water partition coefficient (Wildman–Crippen LogP) is 0.249. The van der Waals surface area contributed by atoms with E-state index in [1.54, 1.807) is 0 Å². The molecule has 0 aliphatic carbocycles. The van der Waals surface area contributed by atoms with Crippen molar-refractivity contribution in [2.24, 2.45) is 0 Å². The van der Waals surface area contributed by atoms with Crippen molar-refractivity contribution < 1.29 is 9.36 Å². The van der Waals surface area contributed by atoms with Gasteiger partial charge in [0, 0.05) is 0 Å². The average Bonchev–Trinajstić information content (AvgIpc) is 1.87. The van der Waals surface area contributed by atoms with Crippen LogP contribution in [0.25, 0.3) is 0 Å². The highest BCUT2D eigenvalue weighted by molar-refractivity contribution is 7.44. The summed E-state index contributed by atoms with van der Waals surface area (Å²) in [5.41, 5.74) is 0. The highest BCUT2D eigenvalue weighted by atomic mass is 31.1. The van der Waals surface area contributed by atoms with E-state index < -0.39 is 7.95 Å². The molecule has 0 saturated carbocycles. The molecule has 0 aromatic carbocycles. The number of carbonyl (C=O) groups is 1. The Morgan fingerprint density at radius 1 is 1.71 bits per heavy atom. The van der Waals surface area contributed by atoms with Crippen LogP contribution < -0.4 is 5.09 Å². The van der Waals surface area contributed by atoms with E-state index in [9.17, 15) is 9.36 Å². The summed E-state index contributed by atoms with van der Waals surface area (Å²) in [4.78, 5) is 10.2. The Balaban J connectivity index is 2.55. The Hall–Kier alpha value is -0.430. The molecule has 38 valence electrons. The first-order valence-electron chi connectivity index (χ1n) is 2.03. The van der Waals surface area contributed by atoms with Crippen molar-refractivity contribution >= 4 is 13.9 Å². The van der Waals surface area contributed by atoms with Crippen molar-refractivity contribution in [1.29, 1.82) is 0 Å². The van der Waals surface area contributed by atoms with E-state index in [-0.39, 0.29) is 5.91 Å². The number of rotatable bonds is 0. The van der Waals surface area contributed by atoms with E-state index in [0.717, 1.165) is 0 Å². The summed E-state index contributed by atoms with van der Waals surface area (Å²) in [6.07, 6.45) is 0.962. The second-order valence-corrected chi connectivity index (χ2v) is 2.81. The maximum atomic E-state index is 10.3. The summed E-state index contributed by atoms with van der Waals surface area (Å²) in [7, 11) is -1.35. The monoisotopic (exact) mass is 118 g/mol. The number of nitrogens with one attached hydrogen (secondary N) is 1. The first-order valence-corrected chi connectivity index (χ1v) is 3.47. The third-order valence-corrected chi connectivity index (χ3v) is 1.92. The van der Waals surface area contributed by atoms with E-state index in [1.165, 1.54) is 0 Å². The lowest BCUT2D eigenvalue weighted by Crippen LogP contribution is -2.05. The van der Waals surface area contributed by atoms with Gasteiger partial charge in [-0.25, -0.2) is 0 Å². The normalized spacial score (nSPS) is 25.1. The van der Waals surface area contributed by atoms with Crippen molar-refractivity contribution in [3.8, 4) is 0 Å². The third-order valence-electron chi connectivity index (χ3n) is 0.791. The number of hydrogen-bond donors (Lipinski definition) is 1. The van der Waals surface area contributed by atoms with Gasteiger partial charge in [-0.2, -0.15) is 0 Å². The Labute approximate surface area is 41.9 Å². The van der Waals surface area contributed by atoms with Gasteiger partial charge in [0.2, 0.25) is 0 Å². The van der Waals surface area contributed by atoms with Gasteiger partial charge in [0.05, 0.1) is 6.42 Å². The molecule has 1 aliphatic heterocycles. The summed E-state index contributed by atoms with van der Waals surface area (Å²) in [5.74, 6) is -0.0823. The van der Waals surface area contributed by atoms with Gasteiger partial charge in [-0.3, -0.25) is 4.79 Å². The zero-order valence-corrected chi connectivity index (χ0v) is 4.57. The largest absolute Gasteiger partial charge is 0.462 e. The zero-order chi connectivity index (χ0) is 5.28. The molecule has 0 bridgehead atoms. The van der Waals surface area contributed by atoms with E-state index in [1.807, 2.05) is 0 Å². The van der Waals surface area contributed by atoms with Gasteiger partial charge in [-0.05, 0) is 4.57 Å². The van der Waals surface area contributed by atoms with Gasteiger partial charge >= 0.3 is 7.95 Å². The first-order chi connectivity index (χ1) is 3.29. The second-order valence-electron chi connectivity index (χ2n) is 1.39. The molecule has 1 atom stereocenters. The Morgan fingerprint density at radius 3 is 2.57 bits per heavy atom. The molecule has 1 unspecified atom stereocenters. The van der Waals surface area contributed by atoms with Crippen molar-refractivity contribution in [2.45, 2.75) is 6.42 Å². The van der Waals surface area contributed by atoms with Gasteiger partial charge in [-0.15, -0.1) is 5.09 Å². The lowest BCUT2D eigenvalue weighted by atomic mass is 10.5. The minimum atomic E-state index is -1.35. The van der Waals surface area contributed by atoms with Crippen LogP contribution in [0.3, 0.4) is 0 Å². The smallest absolute Gasteiger partial charge is 0.271 e. The van der Waals surface area contributed by atoms with E-state index >= 15 is 0 Å². The fourth-order valence-corrected chi connectivity index (χ4v) is 1.36. The Kier molecular flexibility index (Phi) is 1.07. The molecular formula is C3H5NO2P+. The molecule has 1 N–H and O–H groups in total. The first kappa shape index (κ1) is 4.72. The molecule has 0 radical (unpaired) electrons. The van der Waals surface area contributed by atoms with Gasteiger partial charge in [0.15, 0.2) is 6.16 Å². The van der Waals surface area contributed by atoms with Crippen LogP contribution in [-0.4, -0.2) is 12.1 Å². The van der Waals surface area contributed by atoms with Crippen LogP contribution in [0, 0.1) is 0 Å². The van der Waals surface area contributed by atoms with Gasteiger partial charge in [0.25, 0.3) is 5.91 Å². The van der Waals surface area contributed by atoms with Crippen molar-refractivity contribution in [1.82, 2.24) is 5.09 Å².